The highest BCUT2D eigenvalue weighted by molar-refractivity contribution is 5.87. The van der Waals surface area contributed by atoms with Gasteiger partial charge in [0.15, 0.2) is 0 Å². The molecule has 2 aromatic carbocycles. The number of aromatic nitrogens is 1. The Morgan fingerprint density at radius 1 is 1.00 bits per heavy atom. The minimum Gasteiger partial charge on any atom is -0.487 e. The van der Waals surface area contributed by atoms with Crippen LogP contribution in [0.4, 0.5) is 4.39 Å². The number of carboxylic acid groups (broad SMARTS) is 1. The molecule has 0 radical (unpaired) electrons. The molecule has 0 aliphatic carbocycles. The zero-order chi connectivity index (χ0) is 18.4. The number of ether oxygens (including phenoxy) is 1. The van der Waals surface area contributed by atoms with Crippen molar-refractivity contribution in [3.05, 3.63) is 95.1 Å². The lowest BCUT2D eigenvalue weighted by molar-refractivity contribution is 0.0696. The van der Waals surface area contributed by atoms with Gasteiger partial charge in [-0.25, -0.2) is 9.18 Å². The van der Waals surface area contributed by atoms with E-state index < -0.39 is 5.97 Å². The second-order valence-electron chi connectivity index (χ2n) is 5.91. The summed E-state index contributed by atoms with van der Waals surface area (Å²) in [5, 5.41) is 9.03. The molecule has 0 saturated carbocycles. The van der Waals surface area contributed by atoms with Crippen LogP contribution in [0.15, 0.2) is 66.9 Å². The third kappa shape index (κ3) is 4.89. The van der Waals surface area contributed by atoms with E-state index in [1.54, 1.807) is 36.5 Å². The normalized spacial score (nSPS) is 10.5. The van der Waals surface area contributed by atoms with E-state index in [9.17, 15) is 9.18 Å². The number of carboxylic acids is 1. The Morgan fingerprint density at radius 3 is 2.50 bits per heavy atom. The standard InChI is InChI=1S/C21H18FNO3/c22-18-7-4-16(5-8-18)14-26-20-11-10-19(23-13-20)9-6-15-2-1-3-17(12-15)21(24)25/h1-5,7-8,10-13H,6,9,14H2,(H,24,25). The molecule has 1 aromatic heterocycles. The van der Waals surface area contributed by atoms with Gasteiger partial charge in [-0.1, -0.05) is 24.3 Å². The smallest absolute Gasteiger partial charge is 0.335 e. The van der Waals surface area contributed by atoms with Crippen LogP contribution in [0, 0.1) is 5.82 Å². The molecule has 1 heterocycles. The monoisotopic (exact) mass is 351 g/mol. The summed E-state index contributed by atoms with van der Waals surface area (Å²) in [6.45, 7) is 0.350. The van der Waals surface area contributed by atoms with Crippen LogP contribution >= 0.6 is 0 Å². The Bertz CT molecular complexity index is 877. The lowest BCUT2D eigenvalue weighted by atomic mass is 10.1. The van der Waals surface area contributed by atoms with E-state index >= 15 is 0 Å². The maximum Gasteiger partial charge on any atom is 0.335 e. The predicted octanol–water partition coefficient (Wildman–Crippen LogP) is 4.28. The van der Waals surface area contributed by atoms with Gasteiger partial charge >= 0.3 is 5.97 Å². The molecule has 0 aliphatic heterocycles. The van der Waals surface area contributed by atoms with Gasteiger partial charge in [-0.3, -0.25) is 4.98 Å². The molecule has 0 fully saturated rings. The summed E-state index contributed by atoms with van der Waals surface area (Å²) in [5.41, 5.74) is 3.04. The number of aromatic carboxylic acids is 1. The molecule has 0 atom stereocenters. The largest absolute Gasteiger partial charge is 0.487 e. The van der Waals surface area contributed by atoms with Gasteiger partial charge in [0.05, 0.1) is 11.8 Å². The SMILES string of the molecule is O=C(O)c1cccc(CCc2ccc(OCc3ccc(F)cc3)cn2)c1. The topological polar surface area (TPSA) is 59.4 Å². The van der Waals surface area contributed by atoms with Gasteiger partial charge < -0.3 is 9.84 Å². The van der Waals surface area contributed by atoms with Crippen LogP contribution in [0.1, 0.15) is 27.2 Å². The number of aryl methyl sites for hydroxylation is 2. The van der Waals surface area contributed by atoms with Crippen LogP contribution in [0.5, 0.6) is 5.75 Å². The summed E-state index contributed by atoms with van der Waals surface area (Å²) in [4.78, 5) is 15.4. The zero-order valence-corrected chi connectivity index (χ0v) is 14.1. The van der Waals surface area contributed by atoms with Crippen LogP contribution in [0.3, 0.4) is 0 Å². The van der Waals surface area contributed by atoms with E-state index in [1.165, 1.54) is 12.1 Å². The van der Waals surface area contributed by atoms with E-state index in [4.69, 9.17) is 9.84 Å². The predicted molar refractivity (Wildman–Crippen MR) is 95.8 cm³/mol. The fraction of sp³-hybridized carbons (Fsp3) is 0.143. The second kappa shape index (κ2) is 8.25. The molecule has 0 bridgehead atoms. The van der Waals surface area contributed by atoms with E-state index in [-0.39, 0.29) is 5.82 Å². The number of nitrogens with zero attached hydrogens (tertiary/aromatic N) is 1. The summed E-state index contributed by atoms with van der Waals surface area (Å²) in [7, 11) is 0. The van der Waals surface area contributed by atoms with Gasteiger partial charge in [0, 0.05) is 5.69 Å². The Hall–Kier alpha value is -3.21. The fourth-order valence-corrected chi connectivity index (χ4v) is 2.52. The highest BCUT2D eigenvalue weighted by Crippen LogP contribution is 2.14. The van der Waals surface area contributed by atoms with Gasteiger partial charge in [-0.05, 0) is 60.4 Å². The molecule has 3 aromatic rings. The number of halogens is 1. The molecule has 5 heteroatoms. The highest BCUT2D eigenvalue weighted by Gasteiger charge is 2.04. The highest BCUT2D eigenvalue weighted by atomic mass is 19.1. The lowest BCUT2D eigenvalue weighted by Gasteiger charge is -2.07. The molecule has 4 nitrogen and oxygen atoms in total. The van der Waals surface area contributed by atoms with Crippen molar-refractivity contribution in [2.24, 2.45) is 0 Å². The van der Waals surface area contributed by atoms with E-state index in [1.807, 2.05) is 18.2 Å². The van der Waals surface area contributed by atoms with Crippen molar-refractivity contribution in [2.75, 3.05) is 0 Å². The molecule has 0 unspecified atom stereocenters. The first-order valence-electron chi connectivity index (χ1n) is 8.24. The maximum absolute atomic E-state index is 12.9. The molecule has 0 aliphatic rings. The Balaban J connectivity index is 1.53. The molecule has 1 N–H and O–H groups in total. The Kier molecular flexibility index (Phi) is 5.59. The first kappa shape index (κ1) is 17.6. The number of carbonyl (C=O) groups is 1. The van der Waals surface area contributed by atoms with Crippen molar-refractivity contribution in [1.82, 2.24) is 4.98 Å². The maximum atomic E-state index is 12.9. The summed E-state index contributed by atoms with van der Waals surface area (Å²) in [6.07, 6.45) is 3.08. The van der Waals surface area contributed by atoms with E-state index in [0.717, 1.165) is 16.8 Å². The summed E-state index contributed by atoms with van der Waals surface area (Å²) < 4.78 is 18.5. The quantitative estimate of drug-likeness (QED) is 0.690. The van der Waals surface area contributed by atoms with Crippen molar-refractivity contribution in [3.63, 3.8) is 0 Å². The Morgan fingerprint density at radius 2 is 1.81 bits per heavy atom. The molecule has 0 amide bonds. The van der Waals surface area contributed by atoms with Crippen LogP contribution in [0.2, 0.25) is 0 Å². The lowest BCUT2D eigenvalue weighted by Crippen LogP contribution is -2.00. The molecule has 0 spiro atoms. The number of benzene rings is 2. The number of hydrogen-bond acceptors (Lipinski definition) is 3. The van der Waals surface area contributed by atoms with Crippen molar-refractivity contribution in [2.45, 2.75) is 19.4 Å². The van der Waals surface area contributed by atoms with Crippen LogP contribution in [-0.2, 0) is 19.4 Å². The average Bonchev–Trinajstić information content (AvgIpc) is 2.67. The summed E-state index contributed by atoms with van der Waals surface area (Å²) in [5.74, 6) is -0.549. The molecular formula is C21H18FNO3. The fourth-order valence-electron chi connectivity index (χ4n) is 2.52. The van der Waals surface area contributed by atoms with E-state index in [2.05, 4.69) is 4.98 Å². The molecule has 132 valence electrons. The van der Waals surface area contributed by atoms with Crippen molar-refractivity contribution in [3.8, 4) is 5.75 Å². The molecular weight excluding hydrogens is 333 g/mol. The van der Waals surface area contributed by atoms with Crippen LogP contribution in [-0.4, -0.2) is 16.1 Å². The third-order valence-electron chi connectivity index (χ3n) is 3.96. The first-order chi connectivity index (χ1) is 12.6. The third-order valence-corrected chi connectivity index (χ3v) is 3.96. The van der Waals surface area contributed by atoms with Gasteiger partial charge in [-0.15, -0.1) is 0 Å². The number of hydrogen-bond donors (Lipinski definition) is 1. The van der Waals surface area contributed by atoms with Gasteiger partial charge in [0.1, 0.15) is 18.2 Å². The zero-order valence-electron chi connectivity index (χ0n) is 14.1. The average molecular weight is 351 g/mol. The number of rotatable bonds is 7. The molecule has 26 heavy (non-hydrogen) atoms. The minimum absolute atomic E-state index is 0.270. The van der Waals surface area contributed by atoms with Crippen molar-refractivity contribution < 1.29 is 19.0 Å². The van der Waals surface area contributed by atoms with Gasteiger partial charge in [0.2, 0.25) is 0 Å². The van der Waals surface area contributed by atoms with E-state index in [0.29, 0.717) is 30.8 Å². The summed E-state index contributed by atoms with van der Waals surface area (Å²) in [6, 6.07) is 16.8. The Labute approximate surface area is 150 Å². The van der Waals surface area contributed by atoms with Crippen molar-refractivity contribution >= 4 is 5.97 Å². The van der Waals surface area contributed by atoms with Crippen molar-refractivity contribution in [1.29, 1.82) is 0 Å². The molecule has 3 rings (SSSR count). The van der Waals surface area contributed by atoms with Crippen LogP contribution < -0.4 is 4.74 Å². The number of pyridine rings is 1. The van der Waals surface area contributed by atoms with Gasteiger partial charge in [-0.2, -0.15) is 0 Å². The molecule has 0 saturated heterocycles. The van der Waals surface area contributed by atoms with Crippen LogP contribution in [0.25, 0.3) is 0 Å². The first-order valence-corrected chi connectivity index (χ1v) is 8.24. The summed E-state index contributed by atoms with van der Waals surface area (Å²) >= 11 is 0. The van der Waals surface area contributed by atoms with Gasteiger partial charge in [0.25, 0.3) is 0 Å². The second-order valence-corrected chi connectivity index (χ2v) is 5.91. The minimum atomic E-state index is -0.923.